The second-order valence-corrected chi connectivity index (χ2v) is 9.13. The van der Waals surface area contributed by atoms with Gasteiger partial charge in [-0.05, 0) is 61.0 Å². The van der Waals surface area contributed by atoms with Crippen LogP contribution in [-0.2, 0) is 21.4 Å². The van der Waals surface area contributed by atoms with Crippen molar-refractivity contribution >= 4 is 21.6 Å². The van der Waals surface area contributed by atoms with E-state index in [2.05, 4.69) is 5.32 Å². The van der Waals surface area contributed by atoms with Crippen molar-refractivity contribution in [3.8, 4) is 11.5 Å². The fourth-order valence-corrected chi connectivity index (χ4v) is 4.62. The molecule has 1 aliphatic heterocycles. The van der Waals surface area contributed by atoms with Crippen molar-refractivity contribution in [1.29, 1.82) is 0 Å². The smallest absolute Gasteiger partial charge is 0.264 e. The summed E-state index contributed by atoms with van der Waals surface area (Å²) in [5.41, 5.74) is 1.86. The summed E-state index contributed by atoms with van der Waals surface area (Å²) >= 11 is 0. The van der Waals surface area contributed by atoms with Crippen LogP contribution in [-0.4, -0.2) is 27.7 Å². The molecule has 1 N–H and O–H groups in total. The number of hydrogen-bond acceptors (Lipinski definition) is 5. The maximum absolute atomic E-state index is 13.4. The highest BCUT2D eigenvalue weighted by Gasteiger charge is 2.27. The minimum absolute atomic E-state index is 0.0380. The molecule has 3 aromatic rings. The molecule has 1 heterocycles. The van der Waals surface area contributed by atoms with Crippen LogP contribution in [0, 0.1) is 12.7 Å². The molecule has 0 unspecified atom stereocenters. The number of halogens is 1. The molecule has 0 bridgehead atoms. The Hall–Kier alpha value is -3.59. The number of nitrogens with one attached hydrogen (secondary N) is 1. The Labute approximate surface area is 185 Å². The first-order valence-electron chi connectivity index (χ1n) is 9.83. The summed E-state index contributed by atoms with van der Waals surface area (Å²) in [7, 11) is -4.06. The lowest BCUT2D eigenvalue weighted by Gasteiger charge is -2.24. The van der Waals surface area contributed by atoms with E-state index in [-0.39, 0.29) is 23.9 Å². The normalized spacial score (nSPS) is 12.4. The number of carbonyl (C=O) groups is 1. The predicted octanol–water partition coefficient (Wildman–Crippen LogP) is 3.37. The van der Waals surface area contributed by atoms with Crippen LogP contribution >= 0.6 is 0 Å². The minimum atomic E-state index is -4.06. The number of nitrogens with zero attached hydrogens (tertiary/aromatic N) is 1. The van der Waals surface area contributed by atoms with E-state index in [4.69, 9.17) is 9.47 Å². The zero-order valence-electron chi connectivity index (χ0n) is 17.2. The molecule has 0 saturated carbocycles. The molecule has 4 rings (SSSR count). The summed E-state index contributed by atoms with van der Waals surface area (Å²) in [5, 5.41) is 2.72. The molecule has 0 spiro atoms. The van der Waals surface area contributed by atoms with Crippen molar-refractivity contribution in [2.75, 3.05) is 17.6 Å². The number of amides is 1. The molecular formula is C23H21FN2O5S. The molecule has 9 heteroatoms. The van der Waals surface area contributed by atoms with E-state index in [1.54, 1.807) is 30.3 Å². The molecule has 0 aliphatic carbocycles. The summed E-state index contributed by atoms with van der Waals surface area (Å²) in [6.07, 6.45) is 0. The van der Waals surface area contributed by atoms with E-state index in [1.165, 1.54) is 24.3 Å². The zero-order chi connectivity index (χ0) is 22.7. The summed E-state index contributed by atoms with van der Waals surface area (Å²) < 4.78 is 51.5. The van der Waals surface area contributed by atoms with Crippen LogP contribution in [0.15, 0.2) is 71.6 Å². The Morgan fingerprint density at radius 1 is 1.00 bits per heavy atom. The van der Waals surface area contributed by atoms with Gasteiger partial charge < -0.3 is 14.8 Å². The third-order valence-corrected chi connectivity index (χ3v) is 6.73. The Balaban J connectivity index is 1.54. The van der Waals surface area contributed by atoms with Gasteiger partial charge in [-0.2, -0.15) is 0 Å². The molecular weight excluding hydrogens is 435 g/mol. The Bertz CT molecular complexity index is 1230. The van der Waals surface area contributed by atoms with Crippen LogP contribution in [0.2, 0.25) is 0 Å². The van der Waals surface area contributed by atoms with Gasteiger partial charge in [-0.25, -0.2) is 12.8 Å². The van der Waals surface area contributed by atoms with Gasteiger partial charge in [0.25, 0.3) is 10.0 Å². The topological polar surface area (TPSA) is 84.9 Å². The van der Waals surface area contributed by atoms with Gasteiger partial charge in [0.15, 0.2) is 11.5 Å². The monoisotopic (exact) mass is 456 g/mol. The molecule has 0 radical (unpaired) electrons. The first kappa shape index (κ1) is 21.6. The Morgan fingerprint density at radius 2 is 1.69 bits per heavy atom. The molecule has 1 amide bonds. The number of rotatable bonds is 7. The average molecular weight is 456 g/mol. The number of hydrogen-bond donors (Lipinski definition) is 1. The minimum Gasteiger partial charge on any atom is -0.454 e. The first-order valence-corrected chi connectivity index (χ1v) is 11.3. The molecule has 166 valence electrons. The average Bonchev–Trinajstić information content (AvgIpc) is 3.25. The SMILES string of the molecule is Cc1ccc(S(=O)(=O)N(CC(=O)NCc2ccc3c(c2)OCO3)c2ccc(F)cc2)cc1. The van der Waals surface area contributed by atoms with E-state index in [0.29, 0.717) is 11.5 Å². The van der Waals surface area contributed by atoms with Gasteiger partial charge in [0.05, 0.1) is 10.6 Å². The Kier molecular flexibility index (Phi) is 6.00. The van der Waals surface area contributed by atoms with E-state index in [0.717, 1.165) is 27.6 Å². The van der Waals surface area contributed by atoms with Crippen molar-refractivity contribution in [3.05, 3.63) is 83.7 Å². The van der Waals surface area contributed by atoms with Gasteiger partial charge in [0.2, 0.25) is 12.7 Å². The fraction of sp³-hybridized carbons (Fsp3) is 0.174. The van der Waals surface area contributed by atoms with Gasteiger partial charge in [0, 0.05) is 6.54 Å². The van der Waals surface area contributed by atoms with Crippen molar-refractivity contribution in [3.63, 3.8) is 0 Å². The van der Waals surface area contributed by atoms with Crippen molar-refractivity contribution in [2.45, 2.75) is 18.4 Å². The maximum atomic E-state index is 13.4. The van der Waals surface area contributed by atoms with E-state index in [9.17, 15) is 17.6 Å². The maximum Gasteiger partial charge on any atom is 0.264 e. The lowest BCUT2D eigenvalue weighted by atomic mass is 10.2. The third kappa shape index (κ3) is 4.67. The van der Waals surface area contributed by atoms with E-state index >= 15 is 0 Å². The van der Waals surface area contributed by atoms with Gasteiger partial charge in [-0.15, -0.1) is 0 Å². The number of anilines is 1. The lowest BCUT2D eigenvalue weighted by molar-refractivity contribution is -0.119. The highest BCUT2D eigenvalue weighted by molar-refractivity contribution is 7.92. The number of aryl methyl sites for hydroxylation is 1. The molecule has 0 fully saturated rings. The summed E-state index contributed by atoms with van der Waals surface area (Å²) in [5.74, 6) is 0.203. The number of benzene rings is 3. The first-order chi connectivity index (χ1) is 15.3. The van der Waals surface area contributed by atoms with Crippen LogP contribution in [0.3, 0.4) is 0 Å². The van der Waals surface area contributed by atoms with Gasteiger partial charge >= 0.3 is 0 Å². The molecule has 0 atom stereocenters. The van der Waals surface area contributed by atoms with Crippen LogP contribution in [0.25, 0.3) is 0 Å². The zero-order valence-corrected chi connectivity index (χ0v) is 18.1. The third-order valence-electron chi connectivity index (χ3n) is 4.94. The standard InChI is InChI=1S/C23H21FN2O5S/c1-16-2-9-20(10-3-16)32(28,29)26(19-7-5-18(24)6-8-19)14-23(27)25-13-17-4-11-21-22(12-17)31-15-30-21/h2-12H,13-15H2,1H3,(H,25,27). The quantitative estimate of drug-likeness (QED) is 0.589. The summed E-state index contributed by atoms with van der Waals surface area (Å²) in [6.45, 7) is 1.70. The number of carbonyl (C=O) groups excluding carboxylic acids is 1. The van der Waals surface area contributed by atoms with Gasteiger partial charge in [0.1, 0.15) is 12.4 Å². The number of sulfonamides is 1. The fourth-order valence-electron chi connectivity index (χ4n) is 3.20. The van der Waals surface area contributed by atoms with Crippen LogP contribution in [0.5, 0.6) is 11.5 Å². The van der Waals surface area contributed by atoms with Crippen LogP contribution in [0.1, 0.15) is 11.1 Å². The van der Waals surface area contributed by atoms with Crippen molar-refractivity contribution < 1.29 is 27.1 Å². The molecule has 3 aromatic carbocycles. The Morgan fingerprint density at radius 3 is 2.41 bits per heavy atom. The van der Waals surface area contributed by atoms with E-state index < -0.39 is 28.3 Å². The molecule has 0 aromatic heterocycles. The molecule has 7 nitrogen and oxygen atoms in total. The summed E-state index contributed by atoms with van der Waals surface area (Å²) in [6, 6.07) is 16.5. The van der Waals surface area contributed by atoms with Gasteiger partial charge in [-0.3, -0.25) is 9.10 Å². The highest BCUT2D eigenvalue weighted by Crippen LogP contribution is 2.32. The highest BCUT2D eigenvalue weighted by atomic mass is 32.2. The van der Waals surface area contributed by atoms with Crippen molar-refractivity contribution in [2.24, 2.45) is 0 Å². The number of fused-ring (bicyclic) bond motifs is 1. The summed E-state index contributed by atoms with van der Waals surface area (Å²) in [4.78, 5) is 12.7. The molecule has 32 heavy (non-hydrogen) atoms. The lowest BCUT2D eigenvalue weighted by Crippen LogP contribution is -2.40. The van der Waals surface area contributed by atoms with Crippen LogP contribution < -0.4 is 19.1 Å². The predicted molar refractivity (Wildman–Crippen MR) is 117 cm³/mol. The van der Waals surface area contributed by atoms with Crippen molar-refractivity contribution in [1.82, 2.24) is 5.32 Å². The molecule has 1 aliphatic rings. The number of ether oxygens (including phenoxy) is 2. The largest absolute Gasteiger partial charge is 0.454 e. The second kappa shape index (κ2) is 8.88. The van der Waals surface area contributed by atoms with Gasteiger partial charge in [-0.1, -0.05) is 23.8 Å². The second-order valence-electron chi connectivity index (χ2n) is 7.27. The van der Waals surface area contributed by atoms with Crippen LogP contribution in [0.4, 0.5) is 10.1 Å². The molecule has 0 saturated heterocycles. The van der Waals surface area contributed by atoms with E-state index in [1.807, 2.05) is 6.92 Å².